The van der Waals surface area contributed by atoms with Crippen molar-refractivity contribution in [1.29, 1.82) is 0 Å². The van der Waals surface area contributed by atoms with Gasteiger partial charge in [0, 0.05) is 41.7 Å². The van der Waals surface area contributed by atoms with Gasteiger partial charge in [0.05, 0.1) is 0 Å². The van der Waals surface area contributed by atoms with E-state index in [4.69, 9.17) is 0 Å². The highest BCUT2D eigenvalue weighted by atomic mass is 16.2. The first-order valence-electron chi connectivity index (χ1n) is 7.34. The number of tetrazole rings is 1. The zero-order chi connectivity index (χ0) is 15.1. The van der Waals surface area contributed by atoms with Crippen molar-refractivity contribution in [3.8, 4) is 0 Å². The second kappa shape index (κ2) is 4.94. The molecule has 0 radical (unpaired) electrons. The lowest BCUT2D eigenvalue weighted by atomic mass is 10.0. The molecule has 0 fully saturated rings. The van der Waals surface area contributed by atoms with Crippen molar-refractivity contribution in [3.05, 3.63) is 41.9 Å². The van der Waals surface area contributed by atoms with E-state index in [-0.39, 0.29) is 11.9 Å². The Morgan fingerprint density at radius 1 is 1.36 bits per heavy atom. The molecule has 1 aliphatic rings. The number of aromatic nitrogens is 5. The van der Waals surface area contributed by atoms with Gasteiger partial charge in [-0.15, -0.1) is 5.10 Å². The smallest absolute Gasteiger partial charge is 0.247 e. The predicted octanol–water partition coefficient (Wildman–Crippen LogP) is 1.30. The van der Waals surface area contributed by atoms with Gasteiger partial charge in [-0.05, 0) is 23.4 Å². The molecule has 1 amide bonds. The van der Waals surface area contributed by atoms with Gasteiger partial charge in [0.1, 0.15) is 12.4 Å². The molecule has 0 aliphatic carbocycles. The lowest BCUT2D eigenvalue weighted by Gasteiger charge is -2.29. The number of fused-ring (bicyclic) bond motifs is 3. The van der Waals surface area contributed by atoms with Gasteiger partial charge in [-0.3, -0.25) is 4.79 Å². The second-order valence-electron chi connectivity index (χ2n) is 5.60. The van der Waals surface area contributed by atoms with Crippen molar-refractivity contribution < 1.29 is 4.79 Å². The standard InChI is InChI=1S/C15H16N6O/c1-10(21-9-16-18-19-21)15(22)20-7-6-14-12(8-20)11-4-2-3-5-13(11)17-14/h2-5,9-10,17H,6-8H2,1H3. The third-order valence-corrected chi connectivity index (χ3v) is 4.31. The van der Waals surface area contributed by atoms with Crippen LogP contribution in [0.5, 0.6) is 0 Å². The van der Waals surface area contributed by atoms with Crippen molar-refractivity contribution in [2.75, 3.05) is 6.54 Å². The molecule has 4 rings (SSSR count). The van der Waals surface area contributed by atoms with Crippen molar-refractivity contribution in [3.63, 3.8) is 0 Å². The van der Waals surface area contributed by atoms with Gasteiger partial charge in [0.15, 0.2) is 0 Å². The van der Waals surface area contributed by atoms with Gasteiger partial charge in [0.2, 0.25) is 5.91 Å². The Bertz CT molecular complexity index is 822. The highest BCUT2D eigenvalue weighted by Crippen LogP contribution is 2.28. The Hall–Kier alpha value is -2.70. The summed E-state index contributed by atoms with van der Waals surface area (Å²) in [6.07, 6.45) is 2.32. The molecule has 1 atom stereocenters. The molecule has 1 aromatic carbocycles. The summed E-state index contributed by atoms with van der Waals surface area (Å²) < 4.78 is 1.49. The summed E-state index contributed by atoms with van der Waals surface area (Å²) in [7, 11) is 0. The molecule has 0 saturated heterocycles. The first-order valence-corrected chi connectivity index (χ1v) is 7.34. The molecule has 112 valence electrons. The highest BCUT2D eigenvalue weighted by Gasteiger charge is 2.28. The predicted molar refractivity (Wildman–Crippen MR) is 79.9 cm³/mol. The summed E-state index contributed by atoms with van der Waals surface area (Å²) in [4.78, 5) is 18.0. The Balaban J connectivity index is 1.62. The first-order chi connectivity index (χ1) is 10.7. The number of hydrogen-bond acceptors (Lipinski definition) is 4. The normalized spacial score (nSPS) is 15.8. The number of para-hydroxylation sites is 1. The SMILES string of the molecule is CC(C(=O)N1CCc2[nH]c3ccccc3c2C1)n1cnnn1. The average Bonchev–Trinajstić information content (AvgIpc) is 3.20. The van der Waals surface area contributed by atoms with Gasteiger partial charge in [-0.2, -0.15) is 0 Å². The van der Waals surface area contributed by atoms with E-state index in [0.29, 0.717) is 13.1 Å². The van der Waals surface area contributed by atoms with Crippen molar-refractivity contribution in [1.82, 2.24) is 30.1 Å². The van der Waals surface area contributed by atoms with Gasteiger partial charge in [-0.25, -0.2) is 4.68 Å². The summed E-state index contributed by atoms with van der Waals surface area (Å²) in [5, 5.41) is 12.2. The molecule has 1 unspecified atom stereocenters. The monoisotopic (exact) mass is 296 g/mol. The third-order valence-electron chi connectivity index (χ3n) is 4.31. The molecule has 22 heavy (non-hydrogen) atoms. The molecule has 3 heterocycles. The molecule has 0 saturated carbocycles. The summed E-state index contributed by atoms with van der Waals surface area (Å²) in [5.74, 6) is 0.0447. The molecular formula is C15H16N6O. The van der Waals surface area contributed by atoms with E-state index in [2.05, 4.69) is 32.6 Å². The summed E-state index contributed by atoms with van der Waals surface area (Å²) in [5.41, 5.74) is 3.59. The maximum Gasteiger partial charge on any atom is 0.247 e. The van der Waals surface area contributed by atoms with E-state index in [0.717, 1.165) is 11.9 Å². The number of carbonyl (C=O) groups excluding carboxylic acids is 1. The van der Waals surface area contributed by atoms with Crippen molar-refractivity contribution in [2.45, 2.75) is 25.9 Å². The largest absolute Gasteiger partial charge is 0.358 e. The number of carbonyl (C=O) groups is 1. The van der Waals surface area contributed by atoms with Gasteiger partial charge < -0.3 is 9.88 Å². The molecular weight excluding hydrogens is 280 g/mol. The average molecular weight is 296 g/mol. The van der Waals surface area contributed by atoms with Crippen LogP contribution in [0.4, 0.5) is 0 Å². The molecule has 7 nitrogen and oxygen atoms in total. The number of amides is 1. The Morgan fingerprint density at radius 3 is 3.05 bits per heavy atom. The van der Waals surface area contributed by atoms with Gasteiger partial charge in [0.25, 0.3) is 0 Å². The third kappa shape index (κ3) is 1.97. The molecule has 0 bridgehead atoms. The zero-order valence-electron chi connectivity index (χ0n) is 12.2. The Kier molecular flexibility index (Phi) is 2.92. The van der Waals surface area contributed by atoms with Gasteiger partial charge in [-0.1, -0.05) is 18.2 Å². The number of nitrogens with zero attached hydrogens (tertiary/aromatic N) is 5. The summed E-state index contributed by atoms with van der Waals surface area (Å²) >= 11 is 0. The number of nitrogens with one attached hydrogen (secondary N) is 1. The number of H-pyrrole nitrogens is 1. The lowest BCUT2D eigenvalue weighted by Crippen LogP contribution is -2.39. The van der Waals surface area contributed by atoms with E-state index in [9.17, 15) is 4.79 Å². The second-order valence-corrected chi connectivity index (χ2v) is 5.60. The van der Waals surface area contributed by atoms with Crippen molar-refractivity contribution >= 4 is 16.8 Å². The van der Waals surface area contributed by atoms with E-state index in [1.807, 2.05) is 24.0 Å². The Morgan fingerprint density at radius 2 is 2.23 bits per heavy atom. The first kappa shape index (κ1) is 13.0. The summed E-state index contributed by atoms with van der Waals surface area (Å²) in [6.45, 7) is 3.17. The van der Waals surface area contributed by atoms with Crippen LogP contribution in [0.15, 0.2) is 30.6 Å². The lowest BCUT2D eigenvalue weighted by molar-refractivity contribution is -0.135. The Labute approximate surface area is 126 Å². The maximum absolute atomic E-state index is 12.7. The minimum Gasteiger partial charge on any atom is -0.358 e. The molecule has 2 aromatic heterocycles. The van der Waals surface area contributed by atoms with Crippen LogP contribution in [0.3, 0.4) is 0 Å². The van der Waals surface area contributed by atoms with E-state index in [1.54, 1.807) is 0 Å². The zero-order valence-corrected chi connectivity index (χ0v) is 12.2. The van der Waals surface area contributed by atoms with E-state index >= 15 is 0 Å². The van der Waals surface area contributed by atoms with Crippen LogP contribution in [0, 0.1) is 0 Å². The van der Waals surface area contributed by atoms with Crippen LogP contribution in [0.1, 0.15) is 24.2 Å². The fourth-order valence-corrected chi connectivity index (χ4v) is 3.08. The van der Waals surface area contributed by atoms with Gasteiger partial charge >= 0.3 is 0 Å². The minimum atomic E-state index is -0.387. The number of rotatable bonds is 2. The van der Waals surface area contributed by atoms with Crippen molar-refractivity contribution in [2.24, 2.45) is 0 Å². The van der Waals surface area contributed by atoms with Crippen LogP contribution >= 0.6 is 0 Å². The molecule has 7 heteroatoms. The van der Waals surface area contributed by atoms with Crippen LogP contribution in [0.2, 0.25) is 0 Å². The molecule has 3 aromatic rings. The fraction of sp³-hybridized carbons (Fsp3) is 0.333. The van der Waals surface area contributed by atoms with E-state index < -0.39 is 0 Å². The number of benzene rings is 1. The molecule has 1 N–H and O–H groups in total. The van der Waals surface area contributed by atoms with E-state index in [1.165, 1.54) is 27.7 Å². The maximum atomic E-state index is 12.7. The molecule has 1 aliphatic heterocycles. The van der Waals surface area contributed by atoms with Crippen LogP contribution in [0.25, 0.3) is 10.9 Å². The molecule has 0 spiro atoms. The number of hydrogen-bond donors (Lipinski definition) is 1. The van der Waals surface area contributed by atoms with Crippen LogP contribution in [-0.2, 0) is 17.8 Å². The quantitative estimate of drug-likeness (QED) is 0.773. The minimum absolute atomic E-state index is 0.0447. The topological polar surface area (TPSA) is 79.7 Å². The number of aromatic amines is 1. The highest BCUT2D eigenvalue weighted by molar-refractivity contribution is 5.86. The fourth-order valence-electron chi connectivity index (χ4n) is 3.08. The van der Waals surface area contributed by atoms with Crippen LogP contribution < -0.4 is 0 Å². The van der Waals surface area contributed by atoms with Crippen LogP contribution in [-0.4, -0.2) is 42.5 Å². The summed E-state index contributed by atoms with van der Waals surface area (Å²) in [6, 6.07) is 7.84.